The Labute approximate surface area is 98.7 Å². The molecule has 0 aromatic heterocycles. The fourth-order valence-electron chi connectivity index (χ4n) is 1.58. The zero-order chi connectivity index (χ0) is 12.4. The summed E-state index contributed by atoms with van der Waals surface area (Å²) < 4.78 is 5.29. The number of hydrogen-bond acceptors (Lipinski definition) is 3. The van der Waals surface area contributed by atoms with Gasteiger partial charge in [-0.25, -0.2) is 4.79 Å². The van der Waals surface area contributed by atoms with E-state index in [9.17, 15) is 9.59 Å². The topological polar surface area (TPSA) is 58.6 Å². The summed E-state index contributed by atoms with van der Waals surface area (Å²) >= 11 is 0. The number of anilines is 1. The van der Waals surface area contributed by atoms with E-state index in [-0.39, 0.29) is 5.70 Å². The maximum absolute atomic E-state index is 11.5. The average molecular weight is 232 g/mol. The van der Waals surface area contributed by atoms with Crippen LogP contribution in [0.2, 0.25) is 0 Å². The minimum absolute atomic E-state index is 0.124. The Hall–Kier alpha value is -2.30. The Morgan fingerprint density at radius 2 is 1.94 bits per heavy atom. The number of nitrogens with zero attached hydrogens (tertiary/aromatic N) is 1. The van der Waals surface area contributed by atoms with Crippen molar-refractivity contribution in [2.75, 3.05) is 11.5 Å². The van der Waals surface area contributed by atoms with Gasteiger partial charge in [-0.15, -0.1) is 0 Å². The molecular formula is C12H12N2O3. The summed E-state index contributed by atoms with van der Waals surface area (Å²) in [7, 11) is 0. The van der Waals surface area contributed by atoms with E-state index in [1.54, 1.807) is 24.3 Å². The number of nitrogens with one attached hydrogen (secondary N) is 1. The zero-order valence-electron chi connectivity index (χ0n) is 9.40. The lowest BCUT2D eigenvalue weighted by Crippen LogP contribution is -2.27. The minimum Gasteiger partial charge on any atom is -0.494 e. The van der Waals surface area contributed by atoms with Gasteiger partial charge in [-0.2, -0.15) is 0 Å². The van der Waals surface area contributed by atoms with Crippen LogP contribution in [0.3, 0.4) is 0 Å². The molecule has 0 saturated carbocycles. The number of imide groups is 1. The molecule has 0 aliphatic carbocycles. The van der Waals surface area contributed by atoms with E-state index >= 15 is 0 Å². The fraction of sp³-hybridized carbons (Fsp3) is 0.167. The smallest absolute Gasteiger partial charge is 0.333 e. The zero-order valence-corrected chi connectivity index (χ0v) is 9.40. The van der Waals surface area contributed by atoms with Crippen molar-refractivity contribution in [3.05, 3.63) is 36.5 Å². The fourth-order valence-corrected chi connectivity index (χ4v) is 1.58. The predicted octanol–water partition coefficient (Wildman–Crippen LogP) is 1.66. The van der Waals surface area contributed by atoms with Crippen LogP contribution in [0.15, 0.2) is 36.5 Å². The maximum Gasteiger partial charge on any atom is 0.333 e. The number of ether oxygens (including phenoxy) is 1. The first-order valence-corrected chi connectivity index (χ1v) is 5.20. The molecule has 1 aromatic rings. The van der Waals surface area contributed by atoms with Gasteiger partial charge in [0.05, 0.1) is 12.3 Å². The molecule has 1 aromatic carbocycles. The first-order valence-electron chi connectivity index (χ1n) is 5.20. The molecular weight excluding hydrogens is 220 g/mol. The van der Waals surface area contributed by atoms with Crippen LogP contribution < -0.4 is 15.0 Å². The van der Waals surface area contributed by atoms with Crippen LogP contribution in [0.4, 0.5) is 10.5 Å². The SMILES string of the molecule is C=C1C(=O)NC(=O)N1c1ccc(OCC)cc1. The number of carbonyl (C=O) groups is 2. The molecule has 0 bridgehead atoms. The molecule has 1 saturated heterocycles. The number of rotatable bonds is 3. The average Bonchev–Trinajstić information content (AvgIpc) is 2.55. The van der Waals surface area contributed by atoms with Crippen LogP contribution in [-0.4, -0.2) is 18.5 Å². The van der Waals surface area contributed by atoms with Crippen LogP contribution in [0.25, 0.3) is 0 Å². The van der Waals surface area contributed by atoms with E-state index in [4.69, 9.17) is 4.74 Å². The third kappa shape index (κ3) is 1.99. The third-order valence-corrected chi connectivity index (χ3v) is 2.36. The highest BCUT2D eigenvalue weighted by Crippen LogP contribution is 2.24. The van der Waals surface area contributed by atoms with Crippen LogP contribution in [-0.2, 0) is 4.79 Å². The number of hydrogen-bond donors (Lipinski definition) is 1. The molecule has 1 fully saturated rings. The summed E-state index contributed by atoms with van der Waals surface area (Å²) in [6, 6.07) is 6.40. The summed E-state index contributed by atoms with van der Waals surface area (Å²) in [5.74, 6) is 0.247. The Kier molecular flexibility index (Phi) is 2.82. The van der Waals surface area contributed by atoms with E-state index in [1.165, 1.54) is 4.90 Å². The summed E-state index contributed by atoms with van der Waals surface area (Å²) in [5.41, 5.74) is 0.709. The lowest BCUT2D eigenvalue weighted by atomic mass is 10.2. The largest absolute Gasteiger partial charge is 0.494 e. The molecule has 0 atom stereocenters. The number of amides is 3. The number of urea groups is 1. The molecule has 1 aliphatic heterocycles. The first kappa shape index (κ1) is 11.2. The molecule has 0 unspecified atom stereocenters. The number of benzene rings is 1. The van der Waals surface area contributed by atoms with Gasteiger partial charge in [-0.05, 0) is 31.2 Å². The van der Waals surface area contributed by atoms with E-state index in [0.717, 1.165) is 0 Å². The molecule has 88 valence electrons. The molecule has 0 spiro atoms. The summed E-state index contributed by atoms with van der Waals surface area (Å²) in [4.78, 5) is 24.0. The van der Waals surface area contributed by atoms with Gasteiger partial charge in [-0.3, -0.25) is 15.0 Å². The van der Waals surface area contributed by atoms with Crippen molar-refractivity contribution >= 4 is 17.6 Å². The summed E-state index contributed by atoms with van der Waals surface area (Å²) in [5, 5.41) is 2.17. The van der Waals surface area contributed by atoms with E-state index < -0.39 is 11.9 Å². The summed E-state index contributed by atoms with van der Waals surface area (Å²) in [6.45, 7) is 6.03. The van der Waals surface area contributed by atoms with E-state index in [2.05, 4.69) is 11.9 Å². The van der Waals surface area contributed by atoms with Crippen LogP contribution in [0.1, 0.15) is 6.92 Å². The van der Waals surface area contributed by atoms with Crippen molar-refractivity contribution in [3.63, 3.8) is 0 Å². The first-order chi connectivity index (χ1) is 8.13. The van der Waals surface area contributed by atoms with Gasteiger partial charge in [0, 0.05) is 0 Å². The predicted molar refractivity (Wildman–Crippen MR) is 62.8 cm³/mol. The monoisotopic (exact) mass is 232 g/mol. The van der Waals surface area contributed by atoms with Crippen molar-refractivity contribution in [1.29, 1.82) is 0 Å². The quantitative estimate of drug-likeness (QED) is 0.636. The van der Waals surface area contributed by atoms with Crippen LogP contribution in [0.5, 0.6) is 5.75 Å². The molecule has 1 N–H and O–H groups in total. The highest BCUT2D eigenvalue weighted by Gasteiger charge is 2.32. The van der Waals surface area contributed by atoms with Gasteiger partial charge in [0.1, 0.15) is 11.4 Å². The molecule has 0 radical (unpaired) electrons. The van der Waals surface area contributed by atoms with Crippen molar-refractivity contribution in [2.24, 2.45) is 0 Å². The molecule has 5 heteroatoms. The van der Waals surface area contributed by atoms with Gasteiger partial charge < -0.3 is 4.74 Å². The van der Waals surface area contributed by atoms with Gasteiger partial charge >= 0.3 is 6.03 Å². The molecule has 17 heavy (non-hydrogen) atoms. The lowest BCUT2D eigenvalue weighted by molar-refractivity contribution is -0.115. The molecule has 3 amide bonds. The van der Waals surface area contributed by atoms with Gasteiger partial charge in [0.15, 0.2) is 0 Å². The van der Waals surface area contributed by atoms with Crippen molar-refractivity contribution in [2.45, 2.75) is 6.92 Å². The Morgan fingerprint density at radius 1 is 1.29 bits per heavy atom. The Balaban J connectivity index is 2.25. The molecule has 5 nitrogen and oxygen atoms in total. The second-order valence-corrected chi connectivity index (χ2v) is 3.47. The van der Waals surface area contributed by atoms with Gasteiger partial charge in [0.25, 0.3) is 5.91 Å². The maximum atomic E-state index is 11.5. The van der Waals surface area contributed by atoms with Gasteiger partial charge in [0.2, 0.25) is 0 Å². The van der Waals surface area contributed by atoms with Crippen LogP contribution in [0, 0.1) is 0 Å². The van der Waals surface area contributed by atoms with Crippen molar-refractivity contribution in [3.8, 4) is 5.75 Å². The van der Waals surface area contributed by atoms with Crippen molar-refractivity contribution in [1.82, 2.24) is 5.32 Å². The Morgan fingerprint density at radius 3 is 2.41 bits per heavy atom. The van der Waals surface area contributed by atoms with Crippen LogP contribution >= 0.6 is 0 Å². The molecule has 2 rings (SSSR count). The second-order valence-electron chi connectivity index (χ2n) is 3.47. The Bertz CT molecular complexity index is 479. The van der Waals surface area contributed by atoms with Gasteiger partial charge in [-0.1, -0.05) is 6.58 Å². The third-order valence-electron chi connectivity index (χ3n) is 2.36. The summed E-state index contributed by atoms with van der Waals surface area (Å²) in [6.07, 6.45) is 0. The molecule has 1 aliphatic rings. The minimum atomic E-state index is -0.482. The van der Waals surface area contributed by atoms with Crippen molar-refractivity contribution < 1.29 is 14.3 Å². The van der Waals surface area contributed by atoms with E-state index in [1.807, 2.05) is 6.92 Å². The van der Waals surface area contributed by atoms with E-state index in [0.29, 0.717) is 18.0 Å². The molecule has 1 heterocycles. The number of carbonyl (C=O) groups excluding carboxylic acids is 2. The highest BCUT2D eigenvalue weighted by atomic mass is 16.5. The lowest BCUT2D eigenvalue weighted by Gasteiger charge is -2.14. The normalized spacial score (nSPS) is 15.1. The highest BCUT2D eigenvalue weighted by molar-refractivity contribution is 6.21. The second kappa shape index (κ2) is 4.29. The standard InChI is InChI=1S/C12H12N2O3/c1-3-17-10-6-4-9(5-7-10)14-8(2)11(15)13-12(14)16/h4-7H,2-3H2,1H3,(H,13,15,16).